The minimum atomic E-state index is -1.08. The molecule has 94 valence electrons. The van der Waals surface area contributed by atoms with Gasteiger partial charge in [-0.3, -0.25) is 5.32 Å². The molecule has 1 aromatic carbocycles. The molecule has 0 radical (unpaired) electrons. The third kappa shape index (κ3) is 5.24. The smallest absolute Gasteiger partial charge is 0.409 e. The molecule has 1 rings (SSSR count). The summed E-state index contributed by atoms with van der Waals surface area (Å²) in [6, 6.07) is 7.06. The van der Waals surface area contributed by atoms with Crippen molar-refractivity contribution >= 4 is 11.8 Å². The Hall–Kier alpha value is -1.71. The first-order valence-corrected chi connectivity index (χ1v) is 5.95. The van der Waals surface area contributed by atoms with Crippen LogP contribution < -0.4 is 10.1 Å². The summed E-state index contributed by atoms with van der Waals surface area (Å²) < 4.78 is 5.56. The van der Waals surface area contributed by atoms with Gasteiger partial charge in [-0.2, -0.15) is 0 Å². The van der Waals surface area contributed by atoms with E-state index in [4.69, 9.17) is 9.84 Å². The van der Waals surface area contributed by atoms with E-state index in [9.17, 15) is 4.79 Å². The molecular formula is C13H19NO3. The van der Waals surface area contributed by atoms with Crippen molar-refractivity contribution in [3.63, 3.8) is 0 Å². The Kier molecular flexibility index (Phi) is 5.93. The highest BCUT2D eigenvalue weighted by Crippen LogP contribution is 2.23. The summed E-state index contributed by atoms with van der Waals surface area (Å²) in [5, 5.41) is 11.0. The highest BCUT2D eigenvalue weighted by molar-refractivity contribution is 5.85. The van der Waals surface area contributed by atoms with Crippen LogP contribution >= 0.6 is 0 Å². The van der Waals surface area contributed by atoms with Crippen molar-refractivity contribution in [2.45, 2.75) is 32.6 Å². The van der Waals surface area contributed by atoms with Crippen LogP contribution in [0.25, 0.3) is 0 Å². The van der Waals surface area contributed by atoms with Crippen molar-refractivity contribution in [3.05, 3.63) is 24.3 Å². The Morgan fingerprint density at radius 3 is 2.76 bits per heavy atom. The van der Waals surface area contributed by atoms with Crippen LogP contribution in [0.15, 0.2) is 24.3 Å². The van der Waals surface area contributed by atoms with E-state index in [1.807, 2.05) is 6.07 Å². The van der Waals surface area contributed by atoms with Gasteiger partial charge in [0.25, 0.3) is 0 Å². The van der Waals surface area contributed by atoms with Gasteiger partial charge in [-0.05, 0) is 18.6 Å². The molecule has 0 aliphatic heterocycles. The maximum atomic E-state index is 10.6. The Bertz CT molecular complexity index is 352. The summed E-state index contributed by atoms with van der Waals surface area (Å²) in [5.74, 6) is 0.589. The van der Waals surface area contributed by atoms with Gasteiger partial charge in [0.2, 0.25) is 0 Å². The summed E-state index contributed by atoms with van der Waals surface area (Å²) in [6.07, 6.45) is 3.46. The average Bonchev–Trinajstić information content (AvgIpc) is 2.30. The molecule has 0 aliphatic carbocycles. The van der Waals surface area contributed by atoms with Crippen LogP contribution in [0.1, 0.15) is 32.6 Å². The molecule has 0 spiro atoms. The Morgan fingerprint density at radius 1 is 1.29 bits per heavy atom. The average molecular weight is 237 g/mol. The van der Waals surface area contributed by atoms with Gasteiger partial charge in [0.1, 0.15) is 5.75 Å². The summed E-state index contributed by atoms with van der Waals surface area (Å²) in [5.41, 5.74) is 0.496. The van der Waals surface area contributed by atoms with E-state index >= 15 is 0 Å². The second-order valence-corrected chi connectivity index (χ2v) is 3.84. The summed E-state index contributed by atoms with van der Waals surface area (Å²) in [4.78, 5) is 10.6. The molecule has 0 fully saturated rings. The number of benzene rings is 1. The number of ether oxygens (including phenoxy) is 1. The predicted octanol–water partition coefficient (Wildman–Crippen LogP) is 3.74. The summed E-state index contributed by atoms with van der Waals surface area (Å²) in [6.45, 7) is 2.78. The number of para-hydroxylation sites is 2. The minimum Gasteiger partial charge on any atom is -0.491 e. The van der Waals surface area contributed by atoms with E-state index in [1.54, 1.807) is 18.2 Å². The van der Waals surface area contributed by atoms with E-state index < -0.39 is 6.09 Å². The molecule has 17 heavy (non-hydrogen) atoms. The van der Waals surface area contributed by atoms with Gasteiger partial charge in [0.15, 0.2) is 0 Å². The summed E-state index contributed by atoms with van der Waals surface area (Å²) in [7, 11) is 0. The number of anilines is 1. The van der Waals surface area contributed by atoms with E-state index in [0.717, 1.165) is 12.8 Å². The van der Waals surface area contributed by atoms with Crippen molar-refractivity contribution < 1.29 is 14.6 Å². The topological polar surface area (TPSA) is 58.6 Å². The first-order chi connectivity index (χ1) is 8.24. The van der Waals surface area contributed by atoms with Crippen molar-refractivity contribution in [3.8, 4) is 5.75 Å². The molecule has 0 atom stereocenters. The molecule has 0 bridgehead atoms. The molecule has 0 saturated carbocycles. The third-order valence-corrected chi connectivity index (χ3v) is 2.38. The van der Waals surface area contributed by atoms with Gasteiger partial charge in [0.05, 0.1) is 12.3 Å². The van der Waals surface area contributed by atoms with Gasteiger partial charge < -0.3 is 9.84 Å². The van der Waals surface area contributed by atoms with E-state index in [0.29, 0.717) is 18.0 Å². The molecule has 0 heterocycles. The molecule has 4 heteroatoms. The minimum absolute atomic E-state index is 0.496. The molecular weight excluding hydrogens is 218 g/mol. The molecule has 0 saturated heterocycles. The van der Waals surface area contributed by atoms with Crippen molar-refractivity contribution in [2.75, 3.05) is 11.9 Å². The number of hydrogen-bond donors (Lipinski definition) is 2. The van der Waals surface area contributed by atoms with E-state index in [-0.39, 0.29) is 0 Å². The van der Waals surface area contributed by atoms with Gasteiger partial charge in [-0.15, -0.1) is 0 Å². The number of rotatable bonds is 7. The number of carboxylic acid groups (broad SMARTS) is 1. The zero-order chi connectivity index (χ0) is 12.5. The zero-order valence-corrected chi connectivity index (χ0v) is 10.1. The van der Waals surface area contributed by atoms with Gasteiger partial charge >= 0.3 is 6.09 Å². The highest BCUT2D eigenvalue weighted by Gasteiger charge is 2.05. The van der Waals surface area contributed by atoms with Crippen molar-refractivity contribution in [2.24, 2.45) is 0 Å². The maximum absolute atomic E-state index is 10.6. The standard InChI is InChI=1S/C13H19NO3/c1-2-3-4-7-10-17-12-9-6-5-8-11(12)14-13(15)16/h5-6,8-9,14H,2-4,7,10H2,1H3,(H,15,16). The number of carbonyl (C=O) groups is 1. The monoisotopic (exact) mass is 237 g/mol. The zero-order valence-electron chi connectivity index (χ0n) is 10.1. The quantitative estimate of drug-likeness (QED) is 0.710. The van der Waals surface area contributed by atoms with Crippen LogP contribution in [0, 0.1) is 0 Å². The van der Waals surface area contributed by atoms with Crippen molar-refractivity contribution in [1.29, 1.82) is 0 Å². The molecule has 1 aromatic rings. The van der Waals surface area contributed by atoms with Crippen LogP contribution in [0.2, 0.25) is 0 Å². The van der Waals surface area contributed by atoms with E-state index in [1.165, 1.54) is 12.8 Å². The number of unbranched alkanes of at least 4 members (excludes halogenated alkanes) is 3. The predicted molar refractivity (Wildman–Crippen MR) is 67.7 cm³/mol. The van der Waals surface area contributed by atoms with Crippen LogP contribution in [-0.2, 0) is 0 Å². The molecule has 1 amide bonds. The van der Waals surface area contributed by atoms with Crippen LogP contribution in [0.3, 0.4) is 0 Å². The van der Waals surface area contributed by atoms with Gasteiger partial charge in [0, 0.05) is 0 Å². The molecule has 0 unspecified atom stereocenters. The molecule has 0 aromatic heterocycles. The lowest BCUT2D eigenvalue weighted by atomic mass is 10.2. The molecule has 4 nitrogen and oxygen atoms in total. The highest BCUT2D eigenvalue weighted by atomic mass is 16.5. The first kappa shape index (κ1) is 13.4. The maximum Gasteiger partial charge on any atom is 0.409 e. The second kappa shape index (κ2) is 7.54. The largest absolute Gasteiger partial charge is 0.491 e. The van der Waals surface area contributed by atoms with Crippen LogP contribution in [0.4, 0.5) is 10.5 Å². The fourth-order valence-corrected chi connectivity index (χ4v) is 1.52. The number of hydrogen-bond acceptors (Lipinski definition) is 2. The van der Waals surface area contributed by atoms with Crippen molar-refractivity contribution in [1.82, 2.24) is 0 Å². The lowest BCUT2D eigenvalue weighted by Gasteiger charge is -2.10. The fourth-order valence-electron chi connectivity index (χ4n) is 1.52. The Morgan fingerprint density at radius 2 is 2.06 bits per heavy atom. The van der Waals surface area contributed by atoms with Crippen LogP contribution in [-0.4, -0.2) is 17.8 Å². The molecule has 2 N–H and O–H groups in total. The third-order valence-electron chi connectivity index (χ3n) is 2.38. The van der Waals surface area contributed by atoms with Gasteiger partial charge in [-0.1, -0.05) is 38.3 Å². The first-order valence-electron chi connectivity index (χ1n) is 5.95. The Balaban J connectivity index is 2.43. The Labute approximate surface area is 102 Å². The lowest BCUT2D eigenvalue weighted by Crippen LogP contribution is -2.09. The fraction of sp³-hybridized carbons (Fsp3) is 0.462. The van der Waals surface area contributed by atoms with Crippen LogP contribution in [0.5, 0.6) is 5.75 Å². The SMILES string of the molecule is CCCCCCOc1ccccc1NC(=O)O. The summed E-state index contributed by atoms with van der Waals surface area (Å²) >= 11 is 0. The number of amides is 1. The molecule has 0 aliphatic rings. The van der Waals surface area contributed by atoms with E-state index in [2.05, 4.69) is 12.2 Å². The number of nitrogens with one attached hydrogen (secondary N) is 1. The lowest BCUT2D eigenvalue weighted by molar-refractivity contribution is 0.209. The normalized spacial score (nSPS) is 9.94. The second-order valence-electron chi connectivity index (χ2n) is 3.84. The van der Waals surface area contributed by atoms with Gasteiger partial charge in [-0.25, -0.2) is 4.79 Å².